The number of amides is 1. The Balaban J connectivity index is 1.97. The number of hydrogen-bond acceptors (Lipinski definition) is 4. The van der Waals surface area contributed by atoms with Gasteiger partial charge in [-0.15, -0.1) is 5.10 Å². The Morgan fingerprint density at radius 1 is 1.52 bits per heavy atom. The number of carbonyl (C=O) groups excluding carboxylic acids is 1. The lowest BCUT2D eigenvalue weighted by atomic mass is 10.1. The molecule has 0 spiro atoms. The summed E-state index contributed by atoms with van der Waals surface area (Å²) in [6.07, 6.45) is -0.165. The summed E-state index contributed by atoms with van der Waals surface area (Å²) >= 11 is 0. The first-order valence-electron chi connectivity index (χ1n) is 6.66. The van der Waals surface area contributed by atoms with E-state index in [1.165, 1.54) is 12.1 Å². The maximum Gasteiger partial charge on any atom is 0.255 e. The molecular weight excluding hydrogens is 275 g/mol. The first-order chi connectivity index (χ1) is 10.1. The van der Waals surface area contributed by atoms with Crippen LogP contribution in [0.25, 0.3) is 0 Å². The van der Waals surface area contributed by atoms with Crippen molar-refractivity contribution in [3.63, 3.8) is 0 Å². The topological polar surface area (TPSA) is 79.9 Å². The van der Waals surface area contributed by atoms with Crippen molar-refractivity contribution in [3.05, 3.63) is 41.5 Å². The lowest BCUT2D eigenvalue weighted by Crippen LogP contribution is -2.28. The van der Waals surface area contributed by atoms with E-state index in [2.05, 4.69) is 20.5 Å². The molecule has 0 bridgehead atoms. The molecule has 0 aliphatic heterocycles. The second-order valence-corrected chi connectivity index (χ2v) is 4.50. The van der Waals surface area contributed by atoms with Gasteiger partial charge in [0.15, 0.2) is 0 Å². The average Bonchev–Trinajstić information content (AvgIpc) is 2.86. The van der Waals surface area contributed by atoms with Gasteiger partial charge in [0.2, 0.25) is 5.95 Å². The van der Waals surface area contributed by atoms with E-state index in [-0.39, 0.29) is 17.7 Å². The van der Waals surface area contributed by atoms with Crippen molar-refractivity contribution in [1.82, 2.24) is 15.2 Å². The molecule has 1 atom stereocenters. The van der Waals surface area contributed by atoms with Crippen molar-refractivity contribution in [2.24, 2.45) is 0 Å². The molecule has 0 radical (unpaired) electrons. The van der Waals surface area contributed by atoms with Gasteiger partial charge < -0.3 is 4.74 Å². The number of ether oxygens (including phenoxy) is 1. The number of aromatic nitrogens is 3. The monoisotopic (exact) mass is 292 g/mol. The molecule has 2 N–H and O–H groups in total. The molecule has 0 saturated carbocycles. The molecular formula is C14H17FN4O2. The van der Waals surface area contributed by atoms with Crippen LogP contribution in [0.1, 0.15) is 25.2 Å². The fraction of sp³-hybridized carbons (Fsp3) is 0.357. The lowest BCUT2D eigenvalue weighted by Gasteiger charge is -2.09. The van der Waals surface area contributed by atoms with Crippen molar-refractivity contribution in [2.45, 2.75) is 26.4 Å². The lowest BCUT2D eigenvalue weighted by molar-refractivity contribution is -0.126. The van der Waals surface area contributed by atoms with Crippen molar-refractivity contribution in [2.75, 3.05) is 11.9 Å². The van der Waals surface area contributed by atoms with Crippen LogP contribution in [0.15, 0.2) is 24.3 Å². The predicted octanol–water partition coefficient (Wildman–Crippen LogP) is 1.90. The Morgan fingerprint density at radius 3 is 3.05 bits per heavy atom. The number of halogens is 1. The highest BCUT2D eigenvalue weighted by Crippen LogP contribution is 2.09. The molecule has 0 fully saturated rings. The summed E-state index contributed by atoms with van der Waals surface area (Å²) in [4.78, 5) is 15.9. The number of hydrogen-bond donors (Lipinski definition) is 2. The van der Waals surface area contributed by atoms with Gasteiger partial charge in [-0.1, -0.05) is 12.1 Å². The van der Waals surface area contributed by atoms with E-state index in [4.69, 9.17) is 4.74 Å². The number of aromatic amines is 1. The van der Waals surface area contributed by atoms with Crippen LogP contribution in [0.2, 0.25) is 0 Å². The number of benzene rings is 1. The zero-order valence-electron chi connectivity index (χ0n) is 11.9. The van der Waals surface area contributed by atoms with E-state index < -0.39 is 6.10 Å². The highest BCUT2D eigenvalue weighted by molar-refractivity contribution is 5.92. The highest BCUT2D eigenvalue weighted by atomic mass is 19.1. The average molecular weight is 292 g/mol. The maximum absolute atomic E-state index is 13.1. The van der Waals surface area contributed by atoms with Gasteiger partial charge in [0, 0.05) is 13.0 Å². The van der Waals surface area contributed by atoms with Crippen LogP contribution in [0.3, 0.4) is 0 Å². The van der Waals surface area contributed by atoms with Gasteiger partial charge in [0.1, 0.15) is 17.7 Å². The summed E-state index contributed by atoms with van der Waals surface area (Å²) in [6, 6.07) is 6.23. The van der Waals surface area contributed by atoms with Gasteiger partial charge in [-0.2, -0.15) is 4.98 Å². The number of H-pyrrole nitrogens is 1. The predicted molar refractivity (Wildman–Crippen MR) is 75.3 cm³/mol. The van der Waals surface area contributed by atoms with Gasteiger partial charge in [0.05, 0.1) is 0 Å². The summed E-state index contributed by atoms with van der Waals surface area (Å²) in [7, 11) is 0. The fourth-order valence-corrected chi connectivity index (χ4v) is 1.81. The third kappa shape index (κ3) is 4.35. The van der Waals surface area contributed by atoms with Gasteiger partial charge >= 0.3 is 0 Å². The first kappa shape index (κ1) is 15.1. The molecule has 1 unspecified atom stereocenters. The molecule has 0 saturated heterocycles. The summed E-state index contributed by atoms with van der Waals surface area (Å²) < 4.78 is 18.3. The minimum absolute atomic E-state index is 0.179. The summed E-state index contributed by atoms with van der Waals surface area (Å²) in [5.41, 5.74) is 0.770. The largest absolute Gasteiger partial charge is 0.369 e. The van der Waals surface area contributed by atoms with E-state index in [1.54, 1.807) is 19.1 Å². The molecule has 1 aromatic heterocycles. The van der Waals surface area contributed by atoms with Crippen LogP contribution in [-0.4, -0.2) is 33.8 Å². The number of nitrogens with one attached hydrogen (secondary N) is 2. The summed E-state index contributed by atoms with van der Waals surface area (Å²) in [5, 5.41) is 9.16. The number of carbonyl (C=O) groups is 1. The van der Waals surface area contributed by atoms with Crippen molar-refractivity contribution < 1.29 is 13.9 Å². The highest BCUT2D eigenvalue weighted by Gasteiger charge is 2.15. The molecule has 112 valence electrons. The molecule has 0 aliphatic rings. The zero-order chi connectivity index (χ0) is 15.2. The van der Waals surface area contributed by atoms with Crippen LogP contribution < -0.4 is 5.32 Å². The van der Waals surface area contributed by atoms with E-state index in [0.29, 0.717) is 18.9 Å². The molecule has 21 heavy (non-hydrogen) atoms. The summed E-state index contributed by atoms with van der Waals surface area (Å²) in [6.45, 7) is 3.92. The Morgan fingerprint density at radius 2 is 2.33 bits per heavy atom. The normalized spacial score (nSPS) is 12.1. The van der Waals surface area contributed by atoms with Crippen LogP contribution in [-0.2, 0) is 16.0 Å². The molecule has 7 heteroatoms. The van der Waals surface area contributed by atoms with Crippen LogP contribution in [0.5, 0.6) is 0 Å². The van der Waals surface area contributed by atoms with Crippen LogP contribution in [0.4, 0.5) is 10.3 Å². The van der Waals surface area contributed by atoms with Crippen molar-refractivity contribution in [3.8, 4) is 0 Å². The van der Waals surface area contributed by atoms with Crippen LogP contribution in [0, 0.1) is 5.82 Å². The molecule has 1 heterocycles. The second-order valence-electron chi connectivity index (χ2n) is 4.50. The Bertz CT molecular complexity index is 615. The maximum atomic E-state index is 13.1. The Kier molecular flexibility index (Phi) is 4.99. The van der Waals surface area contributed by atoms with Gasteiger partial charge in [-0.05, 0) is 31.5 Å². The first-order valence-corrected chi connectivity index (χ1v) is 6.66. The van der Waals surface area contributed by atoms with Gasteiger partial charge in [0.25, 0.3) is 5.91 Å². The minimum Gasteiger partial charge on any atom is -0.369 e. The molecule has 1 amide bonds. The SMILES string of the molecule is CCOC(C)C(=O)Nc1n[nH]c(Cc2cccc(F)c2)n1. The number of rotatable bonds is 6. The van der Waals surface area contributed by atoms with E-state index in [9.17, 15) is 9.18 Å². The third-order valence-electron chi connectivity index (χ3n) is 2.81. The van der Waals surface area contributed by atoms with Crippen molar-refractivity contribution in [1.29, 1.82) is 0 Å². The zero-order valence-corrected chi connectivity index (χ0v) is 11.9. The Hall–Kier alpha value is -2.28. The number of anilines is 1. The minimum atomic E-state index is -0.569. The van der Waals surface area contributed by atoms with Gasteiger partial charge in [-0.25, -0.2) is 4.39 Å². The molecule has 2 rings (SSSR count). The smallest absolute Gasteiger partial charge is 0.255 e. The number of nitrogens with zero attached hydrogens (tertiary/aromatic N) is 2. The molecule has 6 nitrogen and oxygen atoms in total. The van der Waals surface area contributed by atoms with E-state index in [0.717, 1.165) is 5.56 Å². The van der Waals surface area contributed by atoms with Crippen molar-refractivity contribution >= 4 is 11.9 Å². The molecule has 2 aromatic rings. The summed E-state index contributed by atoms with van der Waals surface area (Å²) in [5.74, 6) is 0.108. The van der Waals surface area contributed by atoms with E-state index in [1.807, 2.05) is 6.92 Å². The molecule has 1 aromatic carbocycles. The van der Waals surface area contributed by atoms with Gasteiger partial charge in [-0.3, -0.25) is 15.2 Å². The fourth-order valence-electron chi connectivity index (χ4n) is 1.81. The second kappa shape index (κ2) is 6.94. The third-order valence-corrected chi connectivity index (χ3v) is 2.81. The standard InChI is InChI=1S/C14H17FN4O2/c1-3-21-9(2)13(20)17-14-16-12(18-19-14)8-10-5-4-6-11(15)7-10/h4-7,9H,3,8H2,1-2H3,(H2,16,17,18,19,20). The van der Waals surface area contributed by atoms with Crippen LogP contribution >= 0.6 is 0 Å². The molecule has 0 aliphatic carbocycles. The Labute approximate surface area is 121 Å². The van der Waals surface area contributed by atoms with E-state index >= 15 is 0 Å². The quantitative estimate of drug-likeness (QED) is 0.852.